The number of hydrogen-bond donors (Lipinski definition) is 0. The number of hydrogen-bond acceptors (Lipinski definition) is 2. The van der Waals surface area contributed by atoms with Gasteiger partial charge >= 0.3 is 0 Å². The van der Waals surface area contributed by atoms with E-state index >= 15 is 0 Å². The van der Waals surface area contributed by atoms with E-state index in [4.69, 9.17) is 5.26 Å². The molecule has 0 saturated carbocycles. The van der Waals surface area contributed by atoms with Gasteiger partial charge in [0.2, 0.25) is 0 Å². The van der Waals surface area contributed by atoms with Gasteiger partial charge in [0, 0.05) is 6.54 Å². The Kier molecular flexibility index (Phi) is 3.88. The number of benzene rings is 1. The van der Waals surface area contributed by atoms with Crippen molar-refractivity contribution in [1.82, 2.24) is 4.90 Å². The predicted octanol–water partition coefficient (Wildman–Crippen LogP) is 2.65. The van der Waals surface area contributed by atoms with Crippen molar-refractivity contribution in [2.24, 2.45) is 0 Å². The minimum Gasteiger partial charge on any atom is -0.287 e. The summed E-state index contributed by atoms with van der Waals surface area (Å²) in [5.41, 5.74) is 3.87. The molecule has 0 radical (unpaired) electrons. The number of rotatable bonds is 3. The van der Waals surface area contributed by atoms with E-state index in [1.165, 1.54) is 16.7 Å². The van der Waals surface area contributed by atoms with E-state index in [0.29, 0.717) is 0 Å². The molecule has 1 unspecified atom stereocenters. The Labute approximate surface area is 92.1 Å². The van der Waals surface area contributed by atoms with E-state index in [1.807, 2.05) is 14.0 Å². The Hall–Kier alpha value is -1.33. The van der Waals surface area contributed by atoms with Gasteiger partial charge in [0.25, 0.3) is 0 Å². The summed E-state index contributed by atoms with van der Waals surface area (Å²) in [4.78, 5) is 2.06. The summed E-state index contributed by atoms with van der Waals surface area (Å²) in [6, 6.07) is 8.65. The molecule has 0 saturated heterocycles. The Balaban J connectivity index is 2.81. The van der Waals surface area contributed by atoms with Crippen LogP contribution < -0.4 is 0 Å². The average molecular weight is 202 g/mol. The molecule has 1 aromatic carbocycles. The predicted molar refractivity (Wildman–Crippen MR) is 62.5 cm³/mol. The summed E-state index contributed by atoms with van der Waals surface area (Å²) >= 11 is 0. The zero-order valence-electron chi connectivity index (χ0n) is 9.91. The monoisotopic (exact) mass is 202 g/mol. The molecule has 0 amide bonds. The van der Waals surface area contributed by atoms with Crippen LogP contribution in [0.3, 0.4) is 0 Å². The number of nitriles is 1. The first-order valence-corrected chi connectivity index (χ1v) is 5.20. The second-order valence-electron chi connectivity index (χ2n) is 4.15. The topological polar surface area (TPSA) is 27.0 Å². The van der Waals surface area contributed by atoms with Crippen molar-refractivity contribution in [3.05, 3.63) is 34.9 Å². The standard InChI is InChI=1S/C13H18N2/c1-10-5-6-11(2)13(7-10)9-15(4)12(3)8-14/h5-7,12H,9H2,1-4H3. The Morgan fingerprint density at radius 3 is 2.67 bits per heavy atom. The van der Waals surface area contributed by atoms with Crippen LogP contribution in [-0.4, -0.2) is 18.0 Å². The number of aryl methyl sites for hydroxylation is 2. The minimum absolute atomic E-state index is 0.0371. The zero-order valence-corrected chi connectivity index (χ0v) is 9.91. The molecule has 2 heteroatoms. The highest BCUT2D eigenvalue weighted by Crippen LogP contribution is 2.13. The summed E-state index contributed by atoms with van der Waals surface area (Å²) in [6.45, 7) is 6.96. The van der Waals surface area contributed by atoms with Gasteiger partial charge in [0.1, 0.15) is 0 Å². The first-order valence-electron chi connectivity index (χ1n) is 5.20. The summed E-state index contributed by atoms with van der Waals surface area (Å²) in [5, 5.41) is 8.82. The molecule has 0 heterocycles. The molecule has 0 spiro atoms. The summed E-state index contributed by atoms with van der Waals surface area (Å²) < 4.78 is 0. The summed E-state index contributed by atoms with van der Waals surface area (Å²) in [5.74, 6) is 0. The summed E-state index contributed by atoms with van der Waals surface area (Å²) in [7, 11) is 1.98. The maximum absolute atomic E-state index is 8.82. The van der Waals surface area contributed by atoms with Crippen LogP contribution in [-0.2, 0) is 6.54 Å². The van der Waals surface area contributed by atoms with E-state index in [2.05, 4.69) is 43.0 Å². The van der Waals surface area contributed by atoms with Gasteiger partial charge < -0.3 is 0 Å². The van der Waals surface area contributed by atoms with Gasteiger partial charge in [-0.05, 0) is 38.9 Å². The van der Waals surface area contributed by atoms with E-state index in [0.717, 1.165) is 6.54 Å². The van der Waals surface area contributed by atoms with E-state index in [9.17, 15) is 0 Å². The first-order chi connectivity index (χ1) is 7.04. The van der Waals surface area contributed by atoms with Gasteiger partial charge in [-0.2, -0.15) is 5.26 Å². The lowest BCUT2D eigenvalue weighted by Crippen LogP contribution is -2.27. The molecule has 1 rings (SSSR count). The minimum atomic E-state index is -0.0371. The third-order valence-electron chi connectivity index (χ3n) is 2.77. The SMILES string of the molecule is Cc1ccc(C)c(CN(C)C(C)C#N)c1. The lowest BCUT2D eigenvalue weighted by molar-refractivity contribution is 0.294. The third-order valence-corrected chi connectivity index (χ3v) is 2.77. The largest absolute Gasteiger partial charge is 0.287 e. The van der Waals surface area contributed by atoms with Gasteiger partial charge in [-0.1, -0.05) is 23.8 Å². The first kappa shape index (κ1) is 11.7. The molecule has 0 aromatic heterocycles. The van der Waals surface area contributed by atoms with Gasteiger partial charge in [-0.15, -0.1) is 0 Å². The molecule has 0 aliphatic carbocycles. The fourth-order valence-corrected chi connectivity index (χ4v) is 1.47. The van der Waals surface area contributed by atoms with Gasteiger partial charge in [-0.3, -0.25) is 4.90 Å². The highest BCUT2D eigenvalue weighted by Gasteiger charge is 2.09. The molecule has 2 nitrogen and oxygen atoms in total. The second kappa shape index (κ2) is 4.95. The molecule has 0 fully saturated rings. The van der Waals surface area contributed by atoms with Crippen LogP contribution in [0.5, 0.6) is 0 Å². The van der Waals surface area contributed by atoms with Gasteiger partial charge in [0.15, 0.2) is 0 Å². The lowest BCUT2D eigenvalue weighted by atomic mass is 10.0. The lowest BCUT2D eigenvalue weighted by Gasteiger charge is -2.20. The quantitative estimate of drug-likeness (QED) is 0.753. The normalized spacial score (nSPS) is 12.5. The second-order valence-corrected chi connectivity index (χ2v) is 4.15. The van der Waals surface area contributed by atoms with Crippen LogP contribution in [0.2, 0.25) is 0 Å². The summed E-state index contributed by atoms with van der Waals surface area (Å²) in [6.07, 6.45) is 0. The van der Waals surface area contributed by atoms with Crippen molar-refractivity contribution in [1.29, 1.82) is 5.26 Å². The number of nitrogens with zero attached hydrogens (tertiary/aromatic N) is 2. The van der Waals surface area contributed by atoms with Crippen LogP contribution in [0.4, 0.5) is 0 Å². The molecule has 0 aliphatic rings. The average Bonchev–Trinajstić information content (AvgIpc) is 2.22. The van der Waals surface area contributed by atoms with Crippen molar-refractivity contribution in [3.63, 3.8) is 0 Å². The van der Waals surface area contributed by atoms with Crippen LogP contribution >= 0.6 is 0 Å². The highest BCUT2D eigenvalue weighted by atomic mass is 15.1. The smallest absolute Gasteiger partial charge is 0.0949 e. The fourth-order valence-electron chi connectivity index (χ4n) is 1.47. The maximum atomic E-state index is 8.82. The molecule has 0 bridgehead atoms. The fraction of sp³-hybridized carbons (Fsp3) is 0.462. The van der Waals surface area contributed by atoms with Crippen molar-refractivity contribution in [2.75, 3.05) is 7.05 Å². The van der Waals surface area contributed by atoms with E-state index in [1.54, 1.807) is 0 Å². The van der Waals surface area contributed by atoms with Crippen LogP contribution in [0.15, 0.2) is 18.2 Å². The highest BCUT2D eigenvalue weighted by molar-refractivity contribution is 5.30. The third kappa shape index (κ3) is 3.07. The van der Waals surface area contributed by atoms with Gasteiger partial charge in [-0.25, -0.2) is 0 Å². The van der Waals surface area contributed by atoms with Crippen molar-refractivity contribution in [3.8, 4) is 6.07 Å². The van der Waals surface area contributed by atoms with Crippen LogP contribution in [0, 0.1) is 25.2 Å². The van der Waals surface area contributed by atoms with E-state index < -0.39 is 0 Å². The molecule has 1 aromatic rings. The molecule has 0 aliphatic heterocycles. The van der Waals surface area contributed by atoms with Crippen LogP contribution in [0.25, 0.3) is 0 Å². The van der Waals surface area contributed by atoms with Crippen molar-refractivity contribution < 1.29 is 0 Å². The maximum Gasteiger partial charge on any atom is 0.0949 e. The van der Waals surface area contributed by atoms with Crippen molar-refractivity contribution >= 4 is 0 Å². The van der Waals surface area contributed by atoms with E-state index in [-0.39, 0.29) is 6.04 Å². The molecule has 80 valence electrons. The molecule has 1 atom stereocenters. The molecule has 15 heavy (non-hydrogen) atoms. The van der Waals surface area contributed by atoms with Crippen LogP contribution in [0.1, 0.15) is 23.6 Å². The zero-order chi connectivity index (χ0) is 11.4. The van der Waals surface area contributed by atoms with Gasteiger partial charge in [0.05, 0.1) is 12.1 Å². The van der Waals surface area contributed by atoms with Crippen molar-refractivity contribution in [2.45, 2.75) is 33.4 Å². The Morgan fingerprint density at radius 2 is 2.07 bits per heavy atom. The Bertz CT molecular complexity index is 377. The molecule has 0 N–H and O–H groups in total. The molecular formula is C13H18N2. The molecular weight excluding hydrogens is 184 g/mol. The Morgan fingerprint density at radius 1 is 1.40 bits per heavy atom.